The molecule has 1 aromatic carbocycles. The summed E-state index contributed by atoms with van der Waals surface area (Å²) in [5.41, 5.74) is 7.69. The highest BCUT2D eigenvalue weighted by molar-refractivity contribution is 6.04. The van der Waals surface area contributed by atoms with Gasteiger partial charge in [-0.05, 0) is 18.9 Å². The fourth-order valence-corrected chi connectivity index (χ4v) is 2.12. The largest absolute Gasteiger partial charge is 0.316 e. The Hall–Kier alpha value is -1.86. The van der Waals surface area contributed by atoms with Gasteiger partial charge in [0.05, 0.1) is 6.07 Å². The number of rotatable bonds is 4. The minimum absolute atomic E-state index is 0.0387. The first-order valence-corrected chi connectivity index (χ1v) is 5.78. The van der Waals surface area contributed by atoms with Gasteiger partial charge in [0.1, 0.15) is 6.04 Å². The third-order valence-electron chi connectivity index (χ3n) is 3.01. The third kappa shape index (κ3) is 2.15. The molecule has 4 heteroatoms. The Morgan fingerprint density at radius 3 is 2.88 bits per heavy atom. The SMILES string of the molecule is N#CCCCCN1C(=O)C(N)c2ccccc21. The molecule has 2 rings (SSSR count). The molecule has 4 nitrogen and oxygen atoms in total. The van der Waals surface area contributed by atoms with E-state index < -0.39 is 6.04 Å². The number of hydrogen-bond donors (Lipinski definition) is 1. The molecule has 0 radical (unpaired) electrons. The predicted octanol–water partition coefficient (Wildman–Crippen LogP) is 1.73. The van der Waals surface area contributed by atoms with Crippen molar-refractivity contribution >= 4 is 11.6 Å². The van der Waals surface area contributed by atoms with Crippen molar-refractivity contribution in [2.45, 2.75) is 25.3 Å². The van der Waals surface area contributed by atoms with E-state index in [1.165, 1.54) is 0 Å². The molecule has 0 fully saturated rings. The smallest absolute Gasteiger partial charge is 0.248 e. The number of nitrogens with zero attached hydrogens (tertiary/aromatic N) is 2. The lowest BCUT2D eigenvalue weighted by Gasteiger charge is -2.16. The van der Waals surface area contributed by atoms with Gasteiger partial charge in [-0.25, -0.2) is 0 Å². The summed E-state index contributed by atoms with van der Waals surface area (Å²) in [5.74, 6) is -0.0387. The van der Waals surface area contributed by atoms with Crippen LogP contribution >= 0.6 is 0 Å². The van der Waals surface area contributed by atoms with Crippen LogP contribution in [-0.4, -0.2) is 12.5 Å². The van der Waals surface area contributed by atoms with E-state index in [1.807, 2.05) is 24.3 Å². The first-order chi connectivity index (χ1) is 8.25. The van der Waals surface area contributed by atoms with Crippen LogP contribution in [0, 0.1) is 11.3 Å². The molecule has 1 aliphatic rings. The maximum absolute atomic E-state index is 12.0. The van der Waals surface area contributed by atoms with Gasteiger partial charge in [0.25, 0.3) is 0 Å². The molecule has 0 aliphatic carbocycles. The average Bonchev–Trinajstić information content (AvgIpc) is 2.60. The Bertz CT molecular complexity index is 464. The maximum atomic E-state index is 12.0. The molecule has 0 saturated carbocycles. The van der Waals surface area contributed by atoms with Crippen molar-refractivity contribution in [1.29, 1.82) is 5.26 Å². The Morgan fingerprint density at radius 1 is 1.35 bits per heavy atom. The van der Waals surface area contributed by atoms with Crippen molar-refractivity contribution in [1.82, 2.24) is 0 Å². The van der Waals surface area contributed by atoms with Gasteiger partial charge in [0, 0.05) is 24.2 Å². The topological polar surface area (TPSA) is 70.1 Å². The van der Waals surface area contributed by atoms with E-state index in [0.29, 0.717) is 13.0 Å². The Morgan fingerprint density at radius 2 is 2.12 bits per heavy atom. The number of fused-ring (bicyclic) bond motifs is 1. The summed E-state index contributed by atoms with van der Waals surface area (Å²) in [4.78, 5) is 13.7. The van der Waals surface area contributed by atoms with Crippen LogP contribution in [0.25, 0.3) is 0 Å². The molecule has 17 heavy (non-hydrogen) atoms. The minimum Gasteiger partial charge on any atom is -0.316 e. The summed E-state index contributed by atoms with van der Waals surface area (Å²) in [6.45, 7) is 0.644. The molecule has 0 aromatic heterocycles. The van der Waals surface area contributed by atoms with Gasteiger partial charge < -0.3 is 10.6 Å². The number of carbonyl (C=O) groups is 1. The summed E-state index contributed by atoms with van der Waals surface area (Å²) in [6, 6.07) is 9.20. The predicted molar refractivity (Wildman–Crippen MR) is 65.2 cm³/mol. The van der Waals surface area contributed by atoms with Crippen LogP contribution in [0.2, 0.25) is 0 Å². The molecule has 1 heterocycles. The first kappa shape index (κ1) is 11.6. The fourth-order valence-electron chi connectivity index (χ4n) is 2.12. The number of para-hydroxylation sites is 1. The summed E-state index contributed by atoms with van der Waals surface area (Å²) in [7, 11) is 0. The van der Waals surface area contributed by atoms with Crippen LogP contribution < -0.4 is 10.6 Å². The van der Waals surface area contributed by atoms with Crippen LogP contribution in [0.1, 0.15) is 30.9 Å². The second-order valence-corrected chi connectivity index (χ2v) is 4.14. The molecule has 1 aliphatic heterocycles. The molecule has 1 unspecified atom stereocenters. The first-order valence-electron chi connectivity index (χ1n) is 5.78. The zero-order valence-corrected chi connectivity index (χ0v) is 9.60. The lowest BCUT2D eigenvalue weighted by Crippen LogP contribution is -2.32. The van der Waals surface area contributed by atoms with E-state index in [1.54, 1.807) is 4.90 Å². The van der Waals surface area contributed by atoms with Gasteiger partial charge in [0.15, 0.2) is 0 Å². The van der Waals surface area contributed by atoms with Crippen molar-refractivity contribution < 1.29 is 4.79 Å². The lowest BCUT2D eigenvalue weighted by molar-refractivity contribution is -0.119. The molecule has 2 N–H and O–H groups in total. The second-order valence-electron chi connectivity index (χ2n) is 4.14. The van der Waals surface area contributed by atoms with Crippen molar-refractivity contribution in [3.63, 3.8) is 0 Å². The third-order valence-corrected chi connectivity index (χ3v) is 3.01. The highest BCUT2D eigenvalue weighted by atomic mass is 16.2. The zero-order valence-electron chi connectivity index (χ0n) is 9.60. The van der Waals surface area contributed by atoms with E-state index in [-0.39, 0.29) is 5.91 Å². The molecular weight excluding hydrogens is 214 g/mol. The van der Waals surface area contributed by atoms with Gasteiger partial charge in [-0.1, -0.05) is 18.2 Å². The average molecular weight is 229 g/mol. The highest BCUT2D eigenvalue weighted by Gasteiger charge is 2.33. The van der Waals surface area contributed by atoms with E-state index in [9.17, 15) is 4.79 Å². The highest BCUT2D eigenvalue weighted by Crippen LogP contribution is 2.34. The van der Waals surface area contributed by atoms with Crippen LogP contribution in [0.5, 0.6) is 0 Å². The lowest BCUT2D eigenvalue weighted by atomic mass is 10.1. The van der Waals surface area contributed by atoms with Gasteiger partial charge in [-0.3, -0.25) is 4.79 Å². The second kappa shape index (κ2) is 4.98. The summed E-state index contributed by atoms with van der Waals surface area (Å²) in [6.07, 6.45) is 2.19. The van der Waals surface area contributed by atoms with Crippen molar-refractivity contribution in [3.05, 3.63) is 29.8 Å². The molecule has 1 aromatic rings. The summed E-state index contributed by atoms with van der Waals surface area (Å²) < 4.78 is 0. The number of unbranched alkanes of at least 4 members (excludes halogenated alkanes) is 2. The molecule has 0 saturated heterocycles. The number of amides is 1. The van der Waals surface area contributed by atoms with E-state index >= 15 is 0 Å². The zero-order chi connectivity index (χ0) is 12.3. The van der Waals surface area contributed by atoms with Crippen molar-refractivity contribution in [2.24, 2.45) is 5.73 Å². The molecular formula is C13H15N3O. The van der Waals surface area contributed by atoms with Crippen LogP contribution in [0.15, 0.2) is 24.3 Å². The molecule has 0 bridgehead atoms. The molecule has 0 spiro atoms. The maximum Gasteiger partial charge on any atom is 0.248 e. The van der Waals surface area contributed by atoms with Gasteiger partial charge in [-0.15, -0.1) is 0 Å². The summed E-state index contributed by atoms with van der Waals surface area (Å²) in [5, 5.41) is 8.46. The number of carbonyl (C=O) groups excluding carboxylic acids is 1. The van der Waals surface area contributed by atoms with Crippen molar-refractivity contribution in [3.8, 4) is 6.07 Å². The number of hydrogen-bond acceptors (Lipinski definition) is 3. The van der Waals surface area contributed by atoms with Gasteiger partial charge in [0.2, 0.25) is 5.91 Å². The molecule has 1 amide bonds. The number of nitrogens with two attached hydrogens (primary N) is 1. The van der Waals surface area contributed by atoms with Crippen LogP contribution in [0.4, 0.5) is 5.69 Å². The quantitative estimate of drug-likeness (QED) is 0.799. The van der Waals surface area contributed by atoms with Crippen LogP contribution in [-0.2, 0) is 4.79 Å². The monoisotopic (exact) mass is 229 g/mol. The fraction of sp³-hybridized carbons (Fsp3) is 0.385. The van der Waals surface area contributed by atoms with Gasteiger partial charge >= 0.3 is 0 Å². The van der Waals surface area contributed by atoms with E-state index in [0.717, 1.165) is 24.1 Å². The minimum atomic E-state index is -0.526. The van der Waals surface area contributed by atoms with Crippen molar-refractivity contribution in [2.75, 3.05) is 11.4 Å². The Balaban J connectivity index is 2.08. The molecule has 88 valence electrons. The van der Waals surface area contributed by atoms with Gasteiger partial charge in [-0.2, -0.15) is 5.26 Å². The standard InChI is InChI=1S/C13H15N3O/c14-8-4-1-5-9-16-11-7-3-2-6-10(11)12(15)13(16)17/h2-3,6-7,12H,1,4-5,9,15H2. The number of nitriles is 1. The number of benzene rings is 1. The normalized spacial score (nSPS) is 18.0. The van der Waals surface area contributed by atoms with Crippen LogP contribution in [0.3, 0.4) is 0 Å². The number of anilines is 1. The van der Waals surface area contributed by atoms with E-state index in [2.05, 4.69) is 6.07 Å². The molecule has 1 atom stereocenters. The summed E-state index contributed by atoms with van der Waals surface area (Å²) >= 11 is 0. The Labute approximate surface area is 101 Å². The van der Waals surface area contributed by atoms with E-state index in [4.69, 9.17) is 11.0 Å². The Kier molecular flexibility index (Phi) is 3.40.